The van der Waals surface area contributed by atoms with E-state index in [0.29, 0.717) is 38.7 Å². The van der Waals surface area contributed by atoms with Gasteiger partial charge in [0, 0.05) is 47.4 Å². The summed E-state index contributed by atoms with van der Waals surface area (Å²) in [6.45, 7) is 6.05. The van der Waals surface area contributed by atoms with Gasteiger partial charge in [-0.3, -0.25) is 29.0 Å². The van der Waals surface area contributed by atoms with Crippen LogP contribution >= 0.6 is 23.2 Å². The van der Waals surface area contributed by atoms with Crippen molar-refractivity contribution in [2.45, 2.75) is 84.1 Å². The van der Waals surface area contributed by atoms with Gasteiger partial charge in [-0.25, -0.2) is 18.4 Å². The van der Waals surface area contributed by atoms with Gasteiger partial charge in [-0.05, 0) is 85.8 Å². The lowest BCUT2D eigenvalue weighted by Gasteiger charge is -2.29. The standard InChI is InChI=1S/C29H34ClFN2O6.C24H24ClFN2O6/c1-3-4-5-6-7-14-38-28(36)29(2,37)19-33(18-25(34)26-16-27(35)32-39-26)17-20-8-10-21(11-9-20)23-15-22(30)12-13-24(23)31;1-3-33-23(31)24(2,32)14-28(13-20(29)21-11-22(30)27-34-21)12-15-4-6-16(7-5-15)18-10-17(25)8-9-19(18)26/h8-13,15-16,37H,3-7,14,17-19H2,1-2H3,(H,32,35);4-11,32H,3,12-14H2,1-2H3,(H,27,30)/t29-;24-/m11/s1. The Balaban J connectivity index is 0.000000273. The topological polar surface area (TPSA) is 226 Å². The smallest absolute Gasteiger partial charge is 0.339 e. The maximum absolute atomic E-state index is 14.3. The van der Waals surface area contributed by atoms with E-state index in [1.165, 1.54) is 55.1 Å². The number of aliphatic hydroxyl groups is 2. The van der Waals surface area contributed by atoms with Crippen LogP contribution in [0.3, 0.4) is 0 Å². The molecular formula is C53H58Cl2F2N4O12. The Morgan fingerprint density at radius 3 is 1.40 bits per heavy atom. The van der Waals surface area contributed by atoms with Crippen molar-refractivity contribution < 1.29 is 56.7 Å². The number of halogens is 4. The summed E-state index contributed by atoms with van der Waals surface area (Å²) in [5.41, 5.74) is -1.50. The zero-order chi connectivity index (χ0) is 53.3. The molecule has 0 bridgehead atoms. The quantitative estimate of drug-likeness (QED) is 0.0239. The summed E-state index contributed by atoms with van der Waals surface area (Å²) >= 11 is 12.0. The number of nitrogens with one attached hydrogen (secondary N) is 2. The van der Waals surface area contributed by atoms with Crippen LogP contribution in [0, 0.1) is 11.6 Å². The number of ether oxygens (including phenoxy) is 2. The van der Waals surface area contributed by atoms with Crippen LogP contribution < -0.4 is 11.1 Å². The van der Waals surface area contributed by atoms with Gasteiger partial charge in [0.1, 0.15) is 11.6 Å². The van der Waals surface area contributed by atoms with Crippen molar-refractivity contribution in [2.24, 2.45) is 0 Å². The summed E-state index contributed by atoms with van der Waals surface area (Å²) in [6.07, 6.45) is 4.91. The summed E-state index contributed by atoms with van der Waals surface area (Å²) < 4.78 is 48.5. The highest BCUT2D eigenvalue weighted by Gasteiger charge is 2.36. The molecule has 20 heteroatoms. The van der Waals surface area contributed by atoms with E-state index >= 15 is 0 Å². The van der Waals surface area contributed by atoms with Gasteiger partial charge in [0.15, 0.2) is 11.2 Å². The third-order valence-electron chi connectivity index (χ3n) is 11.2. The van der Waals surface area contributed by atoms with Crippen LogP contribution in [0.15, 0.2) is 116 Å². The molecule has 0 aliphatic carbocycles. The van der Waals surface area contributed by atoms with Gasteiger partial charge in [-0.2, -0.15) is 10.3 Å². The first-order chi connectivity index (χ1) is 34.7. The van der Waals surface area contributed by atoms with Crippen molar-refractivity contribution in [3.63, 3.8) is 0 Å². The molecule has 0 saturated heterocycles. The van der Waals surface area contributed by atoms with Crippen molar-refractivity contribution in [3.05, 3.63) is 162 Å². The SMILES string of the molecule is CCCCCCCOC(=O)[C@](C)(O)CN(CC(=O)c1cc(=O)[nH]o1)Cc1ccc(-c2cc(Cl)ccc2F)cc1.CCOC(=O)[C@](C)(O)CN(CC(=O)c1cc(=O)[nH]o1)Cc1ccc(-c2cc(Cl)ccc2F)cc1. The maximum Gasteiger partial charge on any atom is 0.339 e. The van der Waals surface area contributed by atoms with Gasteiger partial charge in [0.25, 0.3) is 11.1 Å². The van der Waals surface area contributed by atoms with Crippen LogP contribution in [-0.2, 0) is 32.2 Å². The molecule has 4 N–H and O–H groups in total. The van der Waals surface area contributed by atoms with Gasteiger partial charge in [0.05, 0.1) is 38.4 Å². The second-order valence-electron chi connectivity index (χ2n) is 17.8. The molecule has 0 aliphatic heterocycles. The number of Topliss-reactive ketones (excluding diaryl/α,β-unsaturated/α-hetero) is 2. The molecular weight excluding hydrogens is 994 g/mol. The molecule has 2 atom stereocenters. The average Bonchev–Trinajstić information content (AvgIpc) is 4.00. The van der Waals surface area contributed by atoms with Crippen LogP contribution in [-0.4, -0.2) is 104 Å². The van der Waals surface area contributed by atoms with Gasteiger partial charge < -0.3 is 28.7 Å². The zero-order valence-electron chi connectivity index (χ0n) is 40.8. The number of hydrogen-bond acceptors (Lipinski definition) is 14. The number of aromatic nitrogens is 2. The Hall–Kier alpha value is -6.54. The lowest BCUT2D eigenvalue weighted by molar-refractivity contribution is -0.166. The number of carbonyl (C=O) groups is 4. The van der Waals surface area contributed by atoms with Crippen LogP contribution in [0.4, 0.5) is 8.78 Å². The van der Waals surface area contributed by atoms with E-state index in [-0.39, 0.29) is 64.0 Å². The lowest BCUT2D eigenvalue weighted by atomic mass is 10.0. The van der Waals surface area contributed by atoms with Gasteiger partial charge in [0.2, 0.25) is 23.1 Å². The first-order valence-electron chi connectivity index (χ1n) is 23.4. The number of ketones is 2. The monoisotopic (exact) mass is 1050 g/mol. The van der Waals surface area contributed by atoms with Crippen molar-refractivity contribution in [2.75, 3.05) is 39.4 Å². The molecule has 0 unspecified atom stereocenters. The fraction of sp³-hybridized carbons (Fsp3) is 0.358. The Morgan fingerprint density at radius 2 is 1.01 bits per heavy atom. The summed E-state index contributed by atoms with van der Waals surface area (Å²) in [4.78, 5) is 76.0. The minimum atomic E-state index is -1.90. The number of H-pyrrole nitrogens is 2. The molecule has 6 rings (SSSR count). The highest BCUT2D eigenvalue weighted by Crippen LogP contribution is 2.29. The molecule has 0 aliphatic rings. The first-order valence-corrected chi connectivity index (χ1v) is 24.2. The first kappa shape index (κ1) is 57.4. The predicted molar refractivity (Wildman–Crippen MR) is 269 cm³/mol. The predicted octanol–water partition coefficient (Wildman–Crippen LogP) is 8.80. The lowest BCUT2D eigenvalue weighted by Crippen LogP contribution is -2.48. The van der Waals surface area contributed by atoms with E-state index in [4.69, 9.17) is 41.7 Å². The zero-order valence-corrected chi connectivity index (χ0v) is 42.3. The minimum Gasteiger partial charge on any atom is -0.464 e. The second-order valence-corrected chi connectivity index (χ2v) is 18.6. The van der Waals surface area contributed by atoms with E-state index < -0.39 is 57.5 Å². The Kier molecular flexibility index (Phi) is 21.2. The van der Waals surface area contributed by atoms with Crippen molar-refractivity contribution >= 4 is 46.7 Å². The number of unbranched alkanes of at least 4 members (excludes halogenated alkanes) is 4. The number of rotatable bonds is 25. The molecule has 6 aromatic rings. The van der Waals surface area contributed by atoms with Crippen molar-refractivity contribution in [3.8, 4) is 22.3 Å². The molecule has 0 saturated carbocycles. The van der Waals surface area contributed by atoms with Crippen LogP contribution in [0.2, 0.25) is 10.0 Å². The highest BCUT2D eigenvalue weighted by atomic mass is 35.5. The molecule has 4 aromatic carbocycles. The number of nitrogens with zero attached hydrogens (tertiary/aromatic N) is 2. The average molecular weight is 1050 g/mol. The Morgan fingerprint density at radius 1 is 0.603 bits per heavy atom. The molecule has 2 heterocycles. The molecule has 0 fully saturated rings. The van der Waals surface area contributed by atoms with E-state index in [0.717, 1.165) is 48.9 Å². The fourth-order valence-corrected chi connectivity index (χ4v) is 7.93. The van der Waals surface area contributed by atoms with Gasteiger partial charge >= 0.3 is 11.9 Å². The summed E-state index contributed by atoms with van der Waals surface area (Å²) in [5.74, 6) is -3.79. The Labute approximate surface area is 429 Å². The maximum atomic E-state index is 14.3. The normalized spacial score (nSPS) is 12.9. The third kappa shape index (κ3) is 17.6. The van der Waals surface area contributed by atoms with Crippen LogP contribution in [0.5, 0.6) is 0 Å². The van der Waals surface area contributed by atoms with E-state index in [1.807, 2.05) is 0 Å². The number of carbonyl (C=O) groups excluding carboxylic acids is 4. The second kappa shape index (κ2) is 27.0. The summed E-state index contributed by atoms with van der Waals surface area (Å²) in [6, 6.07) is 24.5. The number of benzene rings is 4. The summed E-state index contributed by atoms with van der Waals surface area (Å²) in [7, 11) is 0. The van der Waals surface area contributed by atoms with E-state index in [9.17, 15) is 47.8 Å². The molecule has 0 amide bonds. The molecule has 390 valence electrons. The largest absolute Gasteiger partial charge is 0.464 e. The number of esters is 2. The molecule has 0 spiro atoms. The van der Waals surface area contributed by atoms with E-state index in [2.05, 4.69) is 17.2 Å². The fourth-order valence-electron chi connectivity index (χ4n) is 7.58. The third-order valence-corrected chi connectivity index (χ3v) is 11.7. The van der Waals surface area contributed by atoms with Gasteiger partial charge in [-0.1, -0.05) is 104 Å². The Bertz CT molecular complexity index is 2910. The van der Waals surface area contributed by atoms with Gasteiger partial charge in [-0.15, -0.1) is 0 Å². The molecule has 0 radical (unpaired) electrons. The molecule has 16 nitrogen and oxygen atoms in total. The molecule has 73 heavy (non-hydrogen) atoms. The minimum absolute atomic E-state index is 0.0872. The number of hydrogen-bond donors (Lipinski definition) is 4. The van der Waals surface area contributed by atoms with Crippen LogP contribution in [0.25, 0.3) is 22.3 Å². The number of aromatic amines is 2. The highest BCUT2D eigenvalue weighted by molar-refractivity contribution is 6.31. The van der Waals surface area contributed by atoms with E-state index in [1.54, 1.807) is 60.4 Å². The summed E-state index contributed by atoms with van der Waals surface area (Å²) in [5, 5.41) is 26.5. The van der Waals surface area contributed by atoms with Crippen LogP contribution in [0.1, 0.15) is 92.0 Å². The van der Waals surface area contributed by atoms with Crippen molar-refractivity contribution in [1.29, 1.82) is 0 Å². The van der Waals surface area contributed by atoms with Crippen molar-refractivity contribution in [1.82, 2.24) is 20.1 Å². The molecule has 2 aromatic heterocycles.